The summed E-state index contributed by atoms with van der Waals surface area (Å²) < 4.78 is 12.8. The maximum Gasteiger partial charge on any atom is 0.0541 e. The minimum absolute atomic E-state index is 0.110. The Morgan fingerprint density at radius 1 is 0.886 bits per heavy atom. The summed E-state index contributed by atoms with van der Waals surface area (Å²) in [5, 5.41) is 0.829. The number of fused-ring (bicyclic) bond motifs is 2. The summed E-state index contributed by atoms with van der Waals surface area (Å²) in [5.41, 5.74) is 4.21. The first-order valence-corrected chi connectivity index (χ1v) is 14.5. The van der Waals surface area contributed by atoms with Crippen molar-refractivity contribution < 1.29 is 4.21 Å². The van der Waals surface area contributed by atoms with Gasteiger partial charge in [0.15, 0.2) is 0 Å². The highest BCUT2D eigenvalue weighted by atomic mass is 35.5. The summed E-state index contributed by atoms with van der Waals surface area (Å²) >= 11 is 6.40. The Labute approximate surface area is 216 Å². The molecule has 0 amide bonds. The van der Waals surface area contributed by atoms with Gasteiger partial charge in [0.1, 0.15) is 0 Å². The number of rotatable bonds is 5. The van der Waals surface area contributed by atoms with Crippen LogP contribution in [0.1, 0.15) is 35.4 Å². The summed E-state index contributed by atoms with van der Waals surface area (Å²) in [7, 11) is -0.845. The van der Waals surface area contributed by atoms with Crippen LogP contribution < -0.4 is 0 Å². The van der Waals surface area contributed by atoms with Crippen LogP contribution in [0.3, 0.4) is 0 Å². The van der Waals surface area contributed by atoms with E-state index in [0.717, 1.165) is 67.8 Å². The van der Waals surface area contributed by atoms with Gasteiger partial charge in [-0.25, -0.2) is 0 Å². The van der Waals surface area contributed by atoms with E-state index in [1.165, 1.54) is 16.7 Å². The van der Waals surface area contributed by atoms with E-state index >= 15 is 0 Å². The maximum absolute atomic E-state index is 12.8. The van der Waals surface area contributed by atoms with Gasteiger partial charge in [-0.3, -0.25) is 9.11 Å². The minimum atomic E-state index is -0.845. The van der Waals surface area contributed by atoms with Crippen LogP contribution >= 0.6 is 11.6 Å². The summed E-state index contributed by atoms with van der Waals surface area (Å²) in [4.78, 5) is 6.37. The van der Waals surface area contributed by atoms with E-state index in [0.29, 0.717) is 11.8 Å². The van der Waals surface area contributed by atoms with E-state index in [-0.39, 0.29) is 5.41 Å². The molecule has 2 fully saturated rings. The standard InChI is InChI=1S/C30H33ClN2OS/c31-26-10-6-9-24(17-26)27-21-33(18-23-7-2-1-3-8-23)20-25(27)19-32-15-13-30(14-16-32)22-35(34)29-12-5-4-11-28(29)30/h1-12,17,25,27H,13-16,18-22H2. The van der Waals surface area contributed by atoms with Crippen LogP contribution in [-0.4, -0.2) is 52.5 Å². The Morgan fingerprint density at radius 3 is 2.46 bits per heavy atom. The van der Waals surface area contributed by atoms with Crippen molar-refractivity contribution in [1.82, 2.24) is 9.80 Å². The highest BCUT2D eigenvalue weighted by molar-refractivity contribution is 7.85. The summed E-state index contributed by atoms with van der Waals surface area (Å²) in [6.45, 7) is 6.47. The summed E-state index contributed by atoms with van der Waals surface area (Å²) in [6, 6.07) is 27.8. The second kappa shape index (κ2) is 9.82. The van der Waals surface area contributed by atoms with Crippen molar-refractivity contribution in [3.05, 3.63) is 101 Å². The molecule has 3 atom stereocenters. The number of piperidine rings is 1. The molecular formula is C30H33ClN2OS. The van der Waals surface area contributed by atoms with E-state index < -0.39 is 10.8 Å². The van der Waals surface area contributed by atoms with Crippen LogP contribution in [0.25, 0.3) is 0 Å². The molecule has 0 radical (unpaired) electrons. The molecule has 0 saturated carbocycles. The monoisotopic (exact) mass is 504 g/mol. The Balaban J connectivity index is 1.17. The first-order valence-electron chi connectivity index (χ1n) is 12.8. The molecule has 3 heterocycles. The van der Waals surface area contributed by atoms with Gasteiger partial charge in [-0.15, -0.1) is 0 Å². The van der Waals surface area contributed by atoms with Gasteiger partial charge in [0, 0.05) is 53.2 Å². The predicted octanol–water partition coefficient (Wildman–Crippen LogP) is 5.71. The Hall–Kier alpha value is -1.98. The van der Waals surface area contributed by atoms with Crippen LogP contribution in [0.2, 0.25) is 5.02 Å². The van der Waals surface area contributed by atoms with Gasteiger partial charge in [-0.2, -0.15) is 0 Å². The highest BCUT2D eigenvalue weighted by Gasteiger charge is 2.45. The number of hydrogen-bond acceptors (Lipinski definition) is 3. The van der Waals surface area contributed by atoms with Crippen molar-refractivity contribution >= 4 is 22.4 Å². The zero-order valence-corrected chi connectivity index (χ0v) is 21.7. The topological polar surface area (TPSA) is 23.6 Å². The van der Waals surface area contributed by atoms with Crippen LogP contribution in [0.5, 0.6) is 0 Å². The fraction of sp³-hybridized carbons (Fsp3) is 0.400. The molecule has 0 N–H and O–H groups in total. The smallest absolute Gasteiger partial charge is 0.0541 e. The lowest BCUT2D eigenvalue weighted by Crippen LogP contribution is -2.45. The lowest BCUT2D eigenvalue weighted by molar-refractivity contribution is 0.146. The Bertz CT molecular complexity index is 1210. The molecule has 3 aliphatic heterocycles. The van der Waals surface area contributed by atoms with E-state index in [9.17, 15) is 4.21 Å². The van der Waals surface area contributed by atoms with Crippen LogP contribution in [0.15, 0.2) is 83.8 Å². The van der Waals surface area contributed by atoms with Crippen molar-refractivity contribution in [2.24, 2.45) is 5.92 Å². The third-order valence-electron chi connectivity index (χ3n) is 8.46. The fourth-order valence-electron chi connectivity index (χ4n) is 6.65. The number of benzene rings is 3. The van der Waals surface area contributed by atoms with Crippen molar-refractivity contribution in [3.63, 3.8) is 0 Å². The van der Waals surface area contributed by atoms with Crippen LogP contribution in [0, 0.1) is 5.92 Å². The molecular weight excluding hydrogens is 472 g/mol. The van der Waals surface area contributed by atoms with Crippen LogP contribution in [0.4, 0.5) is 0 Å². The molecule has 0 aromatic heterocycles. The number of hydrogen-bond donors (Lipinski definition) is 0. The predicted molar refractivity (Wildman–Crippen MR) is 144 cm³/mol. The van der Waals surface area contributed by atoms with Crippen molar-refractivity contribution in [3.8, 4) is 0 Å². The molecule has 35 heavy (non-hydrogen) atoms. The van der Waals surface area contributed by atoms with E-state index in [4.69, 9.17) is 11.6 Å². The molecule has 1 spiro atoms. The lowest BCUT2D eigenvalue weighted by Gasteiger charge is -2.40. The maximum atomic E-state index is 12.8. The van der Waals surface area contributed by atoms with Gasteiger partial charge in [-0.1, -0.05) is 72.3 Å². The van der Waals surface area contributed by atoms with Gasteiger partial charge in [-0.05, 0) is 66.7 Å². The molecule has 2 saturated heterocycles. The Morgan fingerprint density at radius 2 is 1.66 bits per heavy atom. The molecule has 6 rings (SSSR count). The van der Waals surface area contributed by atoms with E-state index in [2.05, 4.69) is 76.5 Å². The largest absolute Gasteiger partial charge is 0.303 e. The second-order valence-electron chi connectivity index (χ2n) is 10.7. The number of nitrogens with zero attached hydrogens (tertiary/aromatic N) is 2. The van der Waals surface area contributed by atoms with Gasteiger partial charge < -0.3 is 4.90 Å². The lowest BCUT2D eigenvalue weighted by atomic mass is 9.74. The normalized spacial score (nSPS) is 26.3. The molecule has 3 aliphatic rings. The van der Waals surface area contributed by atoms with Crippen molar-refractivity contribution in [2.45, 2.75) is 35.6 Å². The average molecular weight is 505 g/mol. The number of likely N-dealkylation sites (tertiary alicyclic amines) is 2. The molecule has 0 bridgehead atoms. The van der Waals surface area contributed by atoms with E-state index in [1.54, 1.807) is 0 Å². The van der Waals surface area contributed by atoms with Gasteiger partial charge in [0.2, 0.25) is 0 Å². The third kappa shape index (κ3) is 4.74. The van der Waals surface area contributed by atoms with Crippen molar-refractivity contribution in [1.29, 1.82) is 0 Å². The summed E-state index contributed by atoms with van der Waals surface area (Å²) in [5.74, 6) is 1.88. The minimum Gasteiger partial charge on any atom is -0.303 e. The molecule has 5 heteroatoms. The highest BCUT2D eigenvalue weighted by Crippen LogP contribution is 2.45. The zero-order chi connectivity index (χ0) is 23.8. The quantitative estimate of drug-likeness (QED) is 0.444. The number of halogens is 1. The van der Waals surface area contributed by atoms with E-state index in [1.807, 2.05) is 12.1 Å². The van der Waals surface area contributed by atoms with Gasteiger partial charge in [0.25, 0.3) is 0 Å². The summed E-state index contributed by atoms with van der Waals surface area (Å²) in [6.07, 6.45) is 2.22. The van der Waals surface area contributed by atoms with Gasteiger partial charge in [0.05, 0.1) is 10.8 Å². The van der Waals surface area contributed by atoms with Crippen LogP contribution in [-0.2, 0) is 22.8 Å². The first-order chi connectivity index (χ1) is 17.1. The molecule has 0 aliphatic carbocycles. The fourth-order valence-corrected chi connectivity index (χ4v) is 8.71. The SMILES string of the molecule is O=S1CC2(CCN(CC3CN(Cc4ccccc4)CC3c3cccc(Cl)c3)CC2)c2ccccc21. The Kier molecular flexibility index (Phi) is 6.57. The zero-order valence-electron chi connectivity index (χ0n) is 20.1. The van der Waals surface area contributed by atoms with Crippen molar-refractivity contribution in [2.75, 3.05) is 38.5 Å². The average Bonchev–Trinajstić information content (AvgIpc) is 3.39. The molecule has 3 aromatic carbocycles. The third-order valence-corrected chi connectivity index (χ3v) is 10.4. The molecule has 3 aromatic rings. The molecule has 3 nitrogen and oxygen atoms in total. The second-order valence-corrected chi connectivity index (χ2v) is 12.5. The molecule has 3 unspecified atom stereocenters. The first kappa shape index (κ1) is 23.4. The van der Waals surface area contributed by atoms with Gasteiger partial charge >= 0.3 is 0 Å². The molecule has 182 valence electrons.